The summed E-state index contributed by atoms with van der Waals surface area (Å²) < 4.78 is 18.2. The highest BCUT2D eigenvalue weighted by atomic mass is 28.4. The van der Waals surface area contributed by atoms with Crippen molar-refractivity contribution >= 4 is 18.7 Å². The third kappa shape index (κ3) is 3.79. The predicted molar refractivity (Wildman–Crippen MR) is 108 cm³/mol. The van der Waals surface area contributed by atoms with Gasteiger partial charge >= 0.3 is 0 Å². The lowest BCUT2D eigenvalue weighted by atomic mass is 10.2. The number of methoxy groups -OCH3 is 1. The molecular formula is C22H30O3Si. The zero-order valence-corrected chi connectivity index (χ0v) is 17.3. The Morgan fingerprint density at radius 2 is 1.46 bits per heavy atom. The number of hydrogen-bond donors (Lipinski definition) is 0. The highest BCUT2D eigenvalue weighted by Gasteiger charge is 2.50. The maximum absolute atomic E-state index is 6.90. The molecular weight excluding hydrogens is 340 g/mol. The van der Waals surface area contributed by atoms with Gasteiger partial charge in [0.1, 0.15) is 0 Å². The van der Waals surface area contributed by atoms with E-state index in [4.69, 9.17) is 13.9 Å². The lowest BCUT2D eigenvalue weighted by Crippen LogP contribution is -2.67. The second kappa shape index (κ2) is 8.05. The molecule has 1 saturated heterocycles. The van der Waals surface area contributed by atoms with Gasteiger partial charge in [-0.1, -0.05) is 81.4 Å². The van der Waals surface area contributed by atoms with Crippen LogP contribution in [0.2, 0.25) is 5.04 Å². The summed E-state index contributed by atoms with van der Waals surface area (Å²) in [5.41, 5.74) is 0. The summed E-state index contributed by atoms with van der Waals surface area (Å²) in [5.74, 6) is 0. The Morgan fingerprint density at radius 3 is 1.88 bits per heavy atom. The van der Waals surface area contributed by atoms with Crippen molar-refractivity contribution in [3.8, 4) is 0 Å². The maximum atomic E-state index is 6.90. The summed E-state index contributed by atoms with van der Waals surface area (Å²) in [7, 11) is -0.765. The first-order valence-electron chi connectivity index (χ1n) is 9.40. The first-order valence-corrected chi connectivity index (χ1v) is 11.3. The molecule has 3 rings (SSSR count). The number of benzene rings is 2. The molecule has 0 spiro atoms. The van der Waals surface area contributed by atoms with Crippen LogP contribution in [0.5, 0.6) is 0 Å². The molecule has 0 aromatic heterocycles. The Balaban J connectivity index is 1.98. The minimum absolute atomic E-state index is 0.00499. The third-order valence-corrected chi connectivity index (χ3v) is 10.2. The Kier molecular flexibility index (Phi) is 5.98. The molecule has 26 heavy (non-hydrogen) atoms. The Labute approximate surface area is 158 Å². The highest BCUT2D eigenvalue weighted by molar-refractivity contribution is 6.99. The summed E-state index contributed by atoms with van der Waals surface area (Å²) in [4.78, 5) is 0. The van der Waals surface area contributed by atoms with Crippen LogP contribution < -0.4 is 10.4 Å². The van der Waals surface area contributed by atoms with E-state index in [2.05, 4.69) is 81.4 Å². The van der Waals surface area contributed by atoms with E-state index in [1.807, 2.05) is 0 Å². The van der Waals surface area contributed by atoms with Crippen molar-refractivity contribution in [2.24, 2.45) is 0 Å². The van der Waals surface area contributed by atoms with Gasteiger partial charge in [-0.25, -0.2) is 0 Å². The van der Waals surface area contributed by atoms with Crippen molar-refractivity contribution in [3.05, 3.63) is 60.7 Å². The van der Waals surface area contributed by atoms with E-state index in [-0.39, 0.29) is 17.4 Å². The Morgan fingerprint density at radius 1 is 0.923 bits per heavy atom. The number of rotatable bonds is 6. The Bertz CT molecular complexity index is 642. The fourth-order valence-corrected chi connectivity index (χ4v) is 8.54. The van der Waals surface area contributed by atoms with Gasteiger partial charge in [0.25, 0.3) is 8.32 Å². The largest absolute Gasteiger partial charge is 0.405 e. The zero-order valence-electron chi connectivity index (χ0n) is 16.3. The second-order valence-electron chi connectivity index (χ2n) is 7.97. The van der Waals surface area contributed by atoms with Crippen LogP contribution >= 0.6 is 0 Å². The predicted octanol–water partition coefficient (Wildman–Crippen LogP) is 3.71. The molecule has 1 aliphatic rings. The second-order valence-corrected chi connectivity index (χ2v) is 12.3. The van der Waals surface area contributed by atoms with Crippen LogP contribution in [-0.2, 0) is 13.9 Å². The van der Waals surface area contributed by atoms with Crippen LogP contribution in [-0.4, -0.2) is 34.4 Å². The molecule has 1 aliphatic heterocycles. The molecule has 0 aliphatic carbocycles. The molecule has 140 valence electrons. The summed E-state index contributed by atoms with van der Waals surface area (Å²) in [6.07, 6.45) is 1.92. The van der Waals surface area contributed by atoms with Crippen LogP contribution in [0.15, 0.2) is 60.7 Å². The molecule has 2 aromatic carbocycles. The summed E-state index contributed by atoms with van der Waals surface area (Å²) in [6.45, 7) is 7.50. The SMILES string of the molecule is CO[C@@H]1CC[C@@H](CO[Si](c2ccccc2)(c2ccccc2)C(C)(C)C)O1. The van der Waals surface area contributed by atoms with Crippen molar-refractivity contribution < 1.29 is 13.9 Å². The van der Waals surface area contributed by atoms with Crippen LogP contribution in [0.1, 0.15) is 33.6 Å². The summed E-state index contributed by atoms with van der Waals surface area (Å²) >= 11 is 0. The maximum Gasteiger partial charge on any atom is 0.261 e. The first-order chi connectivity index (χ1) is 12.5. The van der Waals surface area contributed by atoms with Gasteiger partial charge in [-0.05, 0) is 21.8 Å². The standard InChI is InChI=1S/C22H30O3Si/c1-22(2,3)26(19-11-7-5-8-12-19,20-13-9-6-10-14-20)24-17-18-15-16-21(23-4)25-18/h5-14,18,21H,15-17H2,1-4H3/t18-,21-/m0/s1. The van der Waals surface area contributed by atoms with Gasteiger partial charge < -0.3 is 13.9 Å². The van der Waals surface area contributed by atoms with Crippen molar-refractivity contribution in [3.63, 3.8) is 0 Å². The average molecular weight is 371 g/mol. The minimum atomic E-state index is -2.47. The van der Waals surface area contributed by atoms with Gasteiger partial charge in [-0.2, -0.15) is 0 Å². The van der Waals surface area contributed by atoms with Crippen molar-refractivity contribution in [2.75, 3.05) is 13.7 Å². The van der Waals surface area contributed by atoms with Crippen LogP contribution in [0.3, 0.4) is 0 Å². The smallest absolute Gasteiger partial charge is 0.261 e. The van der Waals surface area contributed by atoms with Crippen molar-refractivity contribution in [2.45, 2.75) is 51.0 Å². The number of ether oxygens (including phenoxy) is 2. The number of hydrogen-bond acceptors (Lipinski definition) is 3. The normalized spacial score (nSPS) is 21.1. The zero-order chi connectivity index (χ0) is 18.6. The fourth-order valence-electron chi connectivity index (χ4n) is 3.95. The van der Waals surface area contributed by atoms with E-state index in [1.54, 1.807) is 7.11 Å². The van der Waals surface area contributed by atoms with E-state index in [0.717, 1.165) is 12.8 Å². The molecule has 0 N–H and O–H groups in total. The molecule has 0 bridgehead atoms. The van der Waals surface area contributed by atoms with Gasteiger partial charge in [0, 0.05) is 13.5 Å². The van der Waals surface area contributed by atoms with Gasteiger partial charge in [-0.15, -0.1) is 0 Å². The average Bonchev–Trinajstić information content (AvgIpc) is 3.11. The van der Waals surface area contributed by atoms with Crippen LogP contribution in [0.4, 0.5) is 0 Å². The Hall–Kier alpha value is -1.46. The minimum Gasteiger partial charge on any atom is -0.405 e. The molecule has 4 heteroatoms. The van der Waals surface area contributed by atoms with E-state index in [0.29, 0.717) is 6.61 Å². The molecule has 1 heterocycles. The van der Waals surface area contributed by atoms with E-state index >= 15 is 0 Å². The van der Waals surface area contributed by atoms with Gasteiger partial charge in [-0.3, -0.25) is 0 Å². The third-order valence-electron chi connectivity index (χ3n) is 5.23. The topological polar surface area (TPSA) is 27.7 Å². The van der Waals surface area contributed by atoms with Gasteiger partial charge in [0.15, 0.2) is 6.29 Å². The first kappa shape index (κ1) is 19.3. The molecule has 2 atom stereocenters. The lowest BCUT2D eigenvalue weighted by Gasteiger charge is -2.43. The molecule has 0 unspecified atom stereocenters. The van der Waals surface area contributed by atoms with Crippen molar-refractivity contribution in [1.82, 2.24) is 0 Å². The van der Waals surface area contributed by atoms with Crippen LogP contribution in [0, 0.1) is 0 Å². The van der Waals surface area contributed by atoms with E-state index in [1.165, 1.54) is 10.4 Å². The quantitative estimate of drug-likeness (QED) is 0.726. The van der Waals surface area contributed by atoms with E-state index in [9.17, 15) is 0 Å². The van der Waals surface area contributed by atoms with Gasteiger partial charge in [0.05, 0.1) is 12.7 Å². The van der Waals surface area contributed by atoms with Gasteiger partial charge in [0.2, 0.25) is 0 Å². The van der Waals surface area contributed by atoms with E-state index < -0.39 is 8.32 Å². The lowest BCUT2D eigenvalue weighted by molar-refractivity contribution is -0.121. The highest BCUT2D eigenvalue weighted by Crippen LogP contribution is 2.37. The molecule has 0 amide bonds. The molecule has 3 nitrogen and oxygen atoms in total. The molecule has 1 fully saturated rings. The van der Waals surface area contributed by atoms with Crippen molar-refractivity contribution in [1.29, 1.82) is 0 Å². The summed E-state index contributed by atoms with van der Waals surface area (Å²) in [6, 6.07) is 21.5. The monoisotopic (exact) mass is 370 g/mol. The fraction of sp³-hybridized carbons (Fsp3) is 0.455. The molecule has 0 radical (unpaired) electrons. The summed E-state index contributed by atoms with van der Waals surface area (Å²) in [5, 5.41) is 2.61. The molecule has 0 saturated carbocycles. The van der Waals surface area contributed by atoms with Crippen LogP contribution in [0.25, 0.3) is 0 Å². The molecule has 2 aromatic rings.